The van der Waals surface area contributed by atoms with E-state index in [0.29, 0.717) is 11.4 Å². The first-order chi connectivity index (χ1) is 12.9. The molecule has 0 aromatic heterocycles. The minimum Gasteiger partial charge on any atom is -0.497 e. The van der Waals surface area contributed by atoms with Gasteiger partial charge in [-0.05, 0) is 26.0 Å². The SMILES string of the molecule is COc1cccc(NC(=O)[C@@H](c2ccccc2)[NH+](C)CC(=O)NC(C)C)c1. The second kappa shape index (κ2) is 9.73. The summed E-state index contributed by atoms with van der Waals surface area (Å²) in [5.41, 5.74) is 1.51. The van der Waals surface area contributed by atoms with Crippen molar-refractivity contribution in [1.82, 2.24) is 5.32 Å². The van der Waals surface area contributed by atoms with Gasteiger partial charge in [0.25, 0.3) is 11.8 Å². The lowest BCUT2D eigenvalue weighted by atomic mass is 10.0. The molecule has 0 spiro atoms. The third kappa shape index (κ3) is 6.11. The van der Waals surface area contributed by atoms with E-state index in [9.17, 15) is 9.59 Å². The van der Waals surface area contributed by atoms with Gasteiger partial charge in [0.1, 0.15) is 5.75 Å². The van der Waals surface area contributed by atoms with Crippen LogP contribution >= 0.6 is 0 Å². The van der Waals surface area contributed by atoms with Gasteiger partial charge in [0.15, 0.2) is 12.6 Å². The van der Waals surface area contributed by atoms with Crippen LogP contribution in [0.2, 0.25) is 0 Å². The van der Waals surface area contributed by atoms with Crippen molar-refractivity contribution in [2.45, 2.75) is 25.9 Å². The molecule has 2 aromatic rings. The monoisotopic (exact) mass is 370 g/mol. The van der Waals surface area contributed by atoms with Crippen molar-refractivity contribution >= 4 is 17.5 Å². The van der Waals surface area contributed by atoms with E-state index in [1.165, 1.54) is 0 Å². The van der Waals surface area contributed by atoms with Gasteiger partial charge in [-0.2, -0.15) is 0 Å². The Labute approximate surface area is 160 Å². The number of nitrogens with one attached hydrogen (secondary N) is 3. The number of methoxy groups -OCH3 is 1. The van der Waals surface area contributed by atoms with Crippen LogP contribution in [-0.2, 0) is 9.59 Å². The zero-order chi connectivity index (χ0) is 19.8. The molecule has 1 unspecified atom stereocenters. The van der Waals surface area contributed by atoms with Gasteiger partial charge < -0.3 is 20.3 Å². The van der Waals surface area contributed by atoms with Crippen LogP contribution in [0.5, 0.6) is 5.75 Å². The number of likely N-dealkylation sites (N-methyl/N-ethyl adjacent to an activating group) is 1. The smallest absolute Gasteiger partial charge is 0.287 e. The van der Waals surface area contributed by atoms with Gasteiger partial charge in [-0.25, -0.2) is 0 Å². The number of anilines is 1. The Morgan fingerprint density at radius 2 is 1.78 bits per heavy atom. The largest absolute Gasteiger partial charge is 0.497 e. The van der Waals surface area contributed by atoms with Gasteiger partial charge in [0, 0.05) is 23.4 Å². The van der Waals surface area contributed by atoms with Crippen molar-refractivity contribution in [3.8, 4) is 5.75 Å². The summed E-state index contributed by atoms with van der Waals surface area (Å²) < 4.78 is 5.21. The van der Waals surface area contributed by atoms with Gasteiger partial charge in [-0.15, -0.1) is 0 Å². The Morgan fingerprint density at radius 1 is 1.07 bits per heavy atom. The van der Waals surface area contributed by atoms with Crippen LogP contribution in [0.3, 0.4) is 0 Å². The second-order valence-electron chi connectivity index (χ2n) is 6.81. The van der Waals surface area contributed by atoms with Crippen LogP contribution in [-0.4, -0.2) is 38.6 Å². The van der Waals surface area contributed by atoms with E-state index < -0.39 is 6.04 Å². The summed E-state index contributed by atoms with van der Waals surface area (Å²) >= 11 is 0. The third-order valence-electron chi connectivity index (χ3n) is 4.11. The highest BCUT2D eigenvalue weighted by atomic mass is 16.5. The molecule has 2 aromatic carbocycles. The van der Waals surface area contributed by atoms with Gasteiger partial charge in [-0.3, -0.25) is 9.59 Å². The highest BCUT2D eigenvalue weighted by molar-refractivity contribution is 5.95. The fourth-order valence-corrected chi connectivity index (χ4v) is 2.95. The minimum absolute atomic E-state index is 0.0612. The van der Waals surface area contributed by atoms with Crippen LogP contribution in [0.15, 0.2) is 54.6 Å². The summed E-state index contributed by atoms with van der Waals surface area (Å²) in [6.45, 7) is 4.03. The van der Waals surface area contributed by atoms with Crippen molar-refractivity contribution in [1.29, 1.82) is 0 Å². The number of hydrogen-bond acceptors (Lipinski definition) is 3. The predicted octanol–water partition coefficient (Wildman–Crippen LogP) is 1.41. The number of rotatable bonds is 8. The molecule has 0 fully saturated rings. The molecule has 6 heteroatoms. The lowest BCUT2D eigenvalue weighted by Crippen LogP contribution is -3.11. The fraction of sp³-hybridized carbons (Fsp3) is 0.333. The quantitative estimate of drug-likeness (QED) is 0.658. The highest BCUT2D eigenvalue weighted by Crippen LogP contribution is 2.18. The number of carbonyl (C=O) groups is 2. The van der Waals surface area contributed by atoms with Crippen molar-refractivity contribution in [2.75, 3.05) is 26.0 Å². The maximum atomic E-state index is 13.1. The van der Waals surface area contributed by atoms with Gasteiger partial charge in [0.05, 0.1) is 14.2 Å². The van der Waals surface area contributed by atoms with Crippen LogP contribution in [0.1, 0.15) is 25.5 Å². The molecule has 0 saturated carbocycles. The average molecular weight is 370 g/mol. The van der Waals surface area contributed by atoms with Gasteiger partial charge >= 0.3 is 0 Å². The molecule has 0 bridgehead atoms. The van der Waals surface area contributed by atoms with E-state index >= 15 is 0 Å². The third-order valence-corrected chi connectivity index (χ3v) is 4.11. The minimum atomic E-state index is -0.518. The summed E-state index contributed by atoms with van der Waals surface area (Å²) in [5.74, 6) is 0.406. The number of benzene rings is 2. The maximum Gasteiger partial charge on any atom is 0.287 e. The summed E-state index contributed by atoms with van der Waals surface area (Å²) in [5, 5.41) is 5.81. The first-order valence-electron chi connectivity index (χ1n) is 9.02. The molecule has 0 aliphatic rings. The van der Waals surface area contributed by atoms with Crippen molar-refractivity contribution in [2.24, 2.45) is 0 Å². The topological polar surface area (TPSA) is 71.9 Å². The molecule has 0 aliphatic heterocycles. The Bertz CT molecular complexity index is 762. The van der Waals surface area contributed by atoms with Gasteiger partial charge in [-0.1, -0.05) is 36.4 Å². The number of ether oxygens (including phenoxy) is 1. The summed E-state index contributed by atoms with van der Waals surface area (Å²) in [7, 11) is 3.43. The zero-order valence-electron chi connectivity index (χ0n) is 16.3. The summed E-state index contributed by atoms with van der Waals surface area (Å²) in [6, 6.07) is 16.2. The van der Waals surface area contributed by atoms with E-state index in [-0.39, 0.29) is 24.4 Å². The maximum absolute atomic E-state index is 13.1. The fourth-order valence-electron chi connectivity index (χ4n) is 2.95. The normalized spacial score (nSPS) is 12.9. The molecule has 3 N–H and O–H groups in total. The van der Waals surface area contributed by atoms with Crippen molar-refractivity contribution in [3.05, 3.63) is 60.2 Å². The molecular formula is C21H28N3O3+. The van der Waals surface area contributed by atoms with E-state index in [4.69, 9.17) is 4.74 Å². The second-order valence-corrected chi connectivity index (χ2v) is 6.81. The van der Waals surface area contributed by atoms with Crippen molar-refractivity contribution < 1.29 is 19.2 Å². The standard InChI is InChI=1S/C21H27N3O3/c1-15(2)22-19(25)14-24(3)20(16-9-6-5-7-10-16)21(26)23-17-11-8-12-18(13-17)27-4/h5-13,15,20H,14H2,1-4H3,(H,22,25)(H,23,26)/p+1/t20-/m1/s1. The molecule has 0 aliphatic carbocycles. The zero-order valence-corrected chi connectivity index (χ0v) is 16.3. The molecule has 6 nitrogen and oxygen atoms in total. The van der Waals surface area contributed by atoms with Gasteiger partial charge in [0.2, 0.25) is 0 Å². The lowest BCUT2D eigenvalue weighted by Gasteiger charge is -2.24. The Balaban J connectivity index is 2.21. The molecule has 0 radical (unpaired) electrons. The number of quaternary nitrogens is 1. The molecule has 0 saturated heterocycles. The number of carbonyl (C=O) groups excluding carboxylic acids is 2. The van der Waals surface area contributed by atoms with Crippen LogP contribution in [0.4, 0.5) is 5.69 Å². The molecule has 2 amide bonds. The van der Waals surface area contributed by atoms with Crippen LogP contribution < -0.4 is 20.3 Å². The number of hydrogen-bond donors (Lipinski definition) is 3. The molecule has 144 valence electrons. The molecular weight excluding hydrogens is 342 g/mol. The Kier molecular flexibility index (Phi) is 7.37. The molecule has 2 atom stereocenters. The lowest BCUT2D eigenvalue weighted by molar-refractivity contribution is -0.894. The van der Waals surface area contributed by atoms with Crippen molar-refractivity contribution in [3.63, 3.8) is 0 Å². The molecule has 0 heterocycles. The molecule has 2 rings (SSSR count). The van der Waals surface area contributed by atoms with E-state index in [1.807, 2.05) is 69.4 Å². The highest BCUT2D eigenvalue weighted by Gasteiger charge is 2.30. The van der Waals surface area contributed by atoms with E-state index in [0.717, 1.165) is 10.5 Å². The van der Waals surface area contributed by atoms with Crippen LogP contribution in [0, 0.1) is 0 Å². The summed E-state index contributed by atoms with van der Waals surface area (Å²) in [4.78, 5) is 26.0. The average Bonchev–Trinajstić information content (AvgIpc) is 2.62. The predicted molar refractivity (Wildman–Crippen MR) is 106 cm³/mol. The molecule has 27 heavy (non-hydrogen) atoms. The van der Waals surface area contributed by atoms with Crippen LogP contribution in [0.25, 0.3) is 0 Å². The van der Waals surface area contributed by atoms with E-state index in [2.05, 4.69) is 10.6 Å². The Hall–Kier alpha value is -2.86. The summed E-state index contributed by atoms with van der Waals surface area (Å²) in [6.07, 6.45) is 0. The number of amides is 2. The first-order valence-corrected chi connectivity index (χ1v) is 9.02. The Morgan fingerprint density at radius 3 is 2.41 bits per heavy atom. The van der Waals surface area contributed by atoms with E-state index in [1.54, 1.807) is 13.2 Å². The first kappa shape index (κ1) is 20.5.